The Morgan fingerprint density at radius 1 is 0.971 bits per heavy atom. The zero-order valence-corrected chi connectivity index (χ0v) is 19.5. The molecule has 2 aliphatic rings. The van der Waals surface area contributed by atoms with E-state index in [1.54, 1.807) is 6.92 Å². The quantitative estimate of drug-likeness (QED) is 0.540. The van der Waals surface area contributed by atoms with E-state index in [-0.39, 0.29) is 36.8 Å². The first-order chi connectivity index (χ1) is 16.4. The van der Waals surface area contributed by atoms with Gasteiger partial charge in [0.1, 0.15) is 6.61 Å². The van der Waals surface area contributed by atoms with E-state index in [4.69, 9.17) is 9.84 Å². The molecule has 3 N–H and O–H groups in total. The molecule has 4 rings (SSSR count). The van der Waals surface area contributed by atoms with Crippen molar-refractivity contribution in [3.8, 4) is 11.1 Å². The molecule has 0 radical (unpaired) electrons. The summed E-state index contributed by atoms with van der Waals surface area (Å²) in [4.78, 5) is 35.7. The summed E-state index contributed by atoms with van der Waals surface area (Å²) in [6, 6.07) is 16.0. The molecule has 0 bridgehead atoms. The molecule has 0 aromatic heterocycles. The lowest BCUT2D eigenvalue weighted by Crippen LogP contribution is -2.39. The van der Waals surface area contributed by atoms with Crippen LogP contribution in [0.25, 0.3) is 11.1 Å². The Morgan fingerprint density at radius 2 is 1.56 bits per heavy atom. The number of rotatable bonds is 8. The van der Waals surface area contributed by atoms with Crippen LogP contribution in [0, 0.1) is 11.8 Å². The molecule has 0 aliphatic heterocycles. The molecule has 7 nitrogen and oxygen atoms in total. The van der Waals surface area contributed by atoms with Crippen molar-refractivity contribution in [2.24, 2.45) is 11.8 Å². The third kappa shape index (κ3) is 5.58. The summed E-state index contributed by atoms with van der Waals surface area (Å²) in [6.07, 6.45) is 2.57. The molecule has 1 atom stereocenters. The Labute approximate surface area is 199 Å². The first kappa shape index (κ1) is 23.8. The van der Waals surface area contributed by atoms with E-state index in [0.717, 1.165) is 24.0 Å². The molecule has 7 heteroatoms. The van der Waals surface area contributed by atoms with Crippen LogP contribution in [0.5, 0.6) is 0 Å². The molecule has 0 heterocycles. The largest absolute Gasteiger partial charge is 0.481 e. The highest BCUT2D eigenvalue weighted by Gasteiger charge is 2.29. The first-order valence-electron chi connectivity index (χ1n) is 12.0. The van der Waals surface area contributed by atoms with Crippen molar-refractivity contribution in [3.63, 3.8) is 0 Å². The summed E-state index contributed by atoms with van der Waals surface area (Å²) >= 11 is 0. The second-order valence-electron chi connectivity index (χ2n) is 9.44. The molecular weight excluding hydrogens is 432 g/mol. The predicted octanol–water partition coefficient (Wildman–Crippen LogP) is 4.31. The van der Waals surface area contributed by atoms with Crippen molar-refractivity contribution in [2.75, 3.05) is 13.2 Å². The topological polar surface area (TPSA) is 105 Å². The molecule has 0 unspecified atom stereocenters. The minimum atomic E-state index is -0.726. The number of ether oxygens (including phenoxy) is 1. The van der Waals surface area contributed by atoms with Gasteiger partial charge in [0.15, 0.2) is 0 Å². The van der Waals surface area contributed by atoms with Gasteiger partial charge >= 0.3 is 12.1 Å². The molecule has 180 valence electrons. The van der Waals surface area contributed by atoms with Gasteiger partial charge in [-0.05, 0) is 60.8 Å². The molecule has 2 amide bonds. The number of aliphatic carboxylic acids is 1. The number of alkyl carbamates (subject to hydrolysis) is 1. The normalized spacial score (nSPS) is 20.0. The average molecular weight is 465 g/mol. The molecule has 2 aromatic carbocycles. The van der Waals surface area contributed by atoms with E-state index in [9.17, 15) is 14.4 Å². The lowest BCUT2D eigenvalue weighted by molar-refractivity contribution is -0.143. The standard InChI is InChI=1S/C27H32N2O5/c1-17(14-25(30)28-15-18-10-12-19(13-11-18)26(31)32)29-27(33)34-16-24-22-8-4-2-6-20(22)21-7-3-5-9-23(21)24/h2-9,17-19,24H,10-16H2,1H3,(H,28,30)(H,29,33)(H,31,32)/t17-,18?,19?/m1/s1. The Hall–Kier alpha value is -3.35. The fourth-order valence-corrected chi connectivity index (χ4v) is 5.11. The smallest absolute Gasteiger partial charge is 0.407 e. The lowest BCUT2D eigenvalue weighted by atomic mass is 9.82. The molecule has 2 aliphatic carbocycles. The number of carbonyl (C=O) groups excluding carboxylic acids is 2. The van der Waals surface area contributed by atoms with Gasteiger partial charge in [-0.15, -0.1) is 0 Å². The van der Waals surface area contributed by atoms with Crippen LogP contribution in [0.4, 0.5) is 4.79 Å². The van der Waals surface area contributed by atoms with Crippen LogP contribution in [0.15, 0.2) is 48.5 Å². The number of amides is 2. The zero-order valence-electron chi connectivity index (χ0n) is 19.5. The maximum absolute atomic E-state index is 12.4. The number of carboxylic acid groups (broad SMARTS) is 1. The van der Waals surface area contributed by atoms with Crippen LogP contribution >= 0.6 is 0 Å². The number of carboxylic acids is 1. The third-order valence-electron chi connectivity index (χ3n) is 6.98. The maximum Gasteiger partial charge on any atom is 0.407 e. The van der Waals surface area contributed by atoms with Gasteiger partial charge in [0.05, 0.1) is 5.92 Å². The monoisotopic (exact) mass is 464 g/mol. The Bertz CT molecular complexity index is 999. The van der Waals surface area contributed by atoms with Gasteiger partial charge in [0.25, 0.3) is 0 Å². The zero-order chi connectivity index (χ0) is 24.1. The van der Waals surface area contributed by atoms with Crippen LogP contribution < -0.4 is 10.6 Å². The number of fused-ring (bicyclic) bond motifs is 3. The Morgan fingerprint density at radius 3 is 2.15 bits per heavy atom. The molecule has 2 aromatic rings. The first-order valence-corrected chi connectivity index (χ1v) is 12.0. The fraction of sp³-hybridized carbons (Fsp3) is 0.444. The van der Waals surface area contributed by atoms with Crippen LogP contribution in [0.3, 0.4) is 0 Å². The van der Waals surface area contributed by atoms with Crippen LogP contribution in [-0.2, 0) is 14.3 Å². The summed E-state index contributed by atoms with van der Waals surface area (Å²) in [5.74, 6) is -0.811. The molecule has 0 saturated heterocycles. The van der Waals surface area contributed by atoms with Gasteiger partial charge in [-0.3, -0.25) is 9.59 Å². The summed E-state index contributed by atoms with van der Waals surface area (Å²) in [5, 5.41) is 14.8. The van der Waals surface area contributed by atoms with Crippen molar-refractivity contribution in [1.29, 1.82) is 0 Å². The van der Waals surface area contributed by atoms with Gasteiger partial charge in [-0.1, -0.05) is 48.5 Å². The van der Waals surface area contributed by atoms with Gasteiger partial charge in [-0.2, -0.15) is 0 Å². The summed E-state index contributed by atoms with van der Waals surface area (Å²) < 4.78 is 5.55. The minimum Gasteiger partial charge on any atom is -0.481 e. The van der Waals surface area contributed by atoms with Gasteiger partial charge in [0, 0.05) is 24.9 Å². The van der Waals surface area contributed by atoms with E-state index >= 15 is 0 Å². The highest BCUT2D eigenvalue weighted by Crippen LogP contribution is 2.44. The number of nitrogens with one attached hydrogen (secondary N) is 2. The predicted molar refractivity (Wildman–Crippen MR) is 128 cm³/mol. The highest BCUT2D eigenvalue weighted by atomic mass is 16.5. The second-order valence-corrected chi connectivity index (χ2v) is 9.44. The lowest BCUT2D eigenvalue weighted by Gasteiger charge is -2.26. The number of hydrogen-bond donors (Lipinski definition) is 3. The highest BCUT2D eigenvalue weighted by molar-refractivity contribution is 5.79. The number of carbonyl (C=O) groups is 3. The summed E-state index contributed by atoms with van der Waals surface area (Å²) in [6.45, 7) is 2.56. The Balaban J connectivity index is 1.20. The van der Waals surface area contributed by atoms with Crippen molar-refractivity contribution >= 4 is 18.0 Å². The minimum absolute atomic E-state index is 0.00651. The summed E-state index contributed by atoms with van der Waals surface area (Å²) in [7, 11) is 0. The maximum atomic E-state index is 12.4. The molecule has 1 saturated carbocycles. The van der Waals surface area contributed by atoms with E-state index in [2.05, 4.69) is 34.9 Å². The Kier molecular flexibility index (Phi) is 7.50. The molecular formula is C27H32N2O5. The van der Waals surface area contributed by atoms with Crippen molar-refractivity contribution < 1.29 is 24.2 Å². The van der Waals surface area contributed by atoms with Crippen LogP contribution in [-0.4, -0.2) is 42.3 Å². The van der Waals surface area contributed by atoms with E-state index in [1.807, 2.05) is 24.3 Å². The van der Waals surface area contributed by atoms with Gasteiger partial charge in [-0.25, -0.2) is 4.79 Å². The van der Waals surface area contributed by atoms with E-state index in [0.29, 0.717) is 25.3 Å². The van der Waals surface area contributed by atoms with E-state index < -0.39 is 12.1 Å². The molecule has 1 fully saturated rings. The number of hydrogen-bond acceptors (Lipinski definition) is 4. The fourth-order valence-electron chi connectivity index (χ4n) is 5.11. The van der Waals surface area contributed by atoms with Crippen molar-refractivity contribution in [3.05, 3.63) is 59.7 Å². The molecule has 34 heavy (non-hydrogen) atoms. The van der Waals surface area contributed by atoms with Crippen molar-refractivity contribution in [1.82, 2.24) is 10.6 Å². The van der Waals surface area contributed by atoms with Crippen molar-refractivity contribution in [2.45, 2.75) is 51.0 Å². The van der Waals surface area contributed by atoms with Gasteiger partial charge < -0.3 is 20.5 Å². The SMILES string of the molecule is C[C@H](CC(=O)NCC1CCC(C(=O)O)CC1)NC(=O)OCC1c2ccccc2-c2ccccc21. The van der Waals surface area contributed by atoms with Crippen LogP contribution in [0.1, 0.15) is 56.1 Å². The second kappa shape index (κ2) is 10.7. The summed E-state index contributed by atoms with van der Waals surface area (Å²) in [5.41, 5.74) is 4.66. The number of benzene rings is 2. The van der Waals surface area contributed by atoms with E-state index in [1.165, 1.54) is 11.1 Å². The van der Waals surface area contributed by atoms with Gasteiger partial charge in [0.2, 0.25) is 5.91 Å². The average Bonchev–Trinajstić information content (AvgIpc) is 3.15. The third-order valence-corrected chi connectivity index (χ3v) is 6.98. The van der Waals surface area contributed by atoms with Crippen LogP contribution in [0.2, 0.25) is 0 Å². The molecule has 0 spiro atoms.